The van der Waals surface area contributed by atoms with Crippen LogP contribution in [0.3, 0.4) is 0 Å². The number of benzene rings is 2. The number of hydrogen-bond donors (Lipinski definition) is 1. The van der Waals surface area contributed by atoms with Crippen LogP contribution in [0.4, 0.5) is 0 Å². The molecule has 1 aliphatic rings. The van der Waals surface area contributed by atoms with Gasteiger partial charge >= 0.3 is 0 Å². The Hall–Kier alpha value is -3.15. The molecule has 8 heteroatoms. The summed E-state index contributed by atoms with van der Waals surface area (Å²) in [5.41, 5.74) is 3.52. The lowest BCUT2D eigenvalue weighted by Crippen LogP contribution is -2.44. The van der Waals surface area contributed by atoms with Crippen molar-refractivity contribution in [3.05, 3.63) is 71.4 Å². The number of carbonyl (C=O) groups is 1. The first-order valence-electron chi connectivity index (χ1n) is 11.7. The molecular formula is C26H30N4O3S. The van der Waals surface area contributed by atoms with Crippen LogP contribution in [0.1, 0.15) is 49.0 Å². The van der Waals surface area contributed by atoms with Crippen LogP contribution in [0.25, 0.3) is 10.9 Å². The molecule has 1 fully saturated rings. The van der Waals surface area contributed by atoms with Crippen molar-refractivity contribution in [2.24, 2.45) is 0 Å². The van der Waals surface area contributed by atoms with Gasteiger partial charge in [-0.1, -0.05) is 36.4 Å². The average molecular weight is 479 g/mol. The number of hydrogen-bond acceptors (Lipinski definition) is 4. The largest absolute Gasteiger partial charge is 0.345 e. The number of nitrogens with one attached hydrogen (secondary N) is 1. The normalized spacial score (nSPS) is 17.1. The van der Waals surface area contributed by atoms with E-state index in [1.807, 2.05) is 41.3 Å². The highest BCUT2D eigenvalue weighted by Gasteiger charge is 2.35. The van der Waals surface area contributed by atoms with Gasteiger partial charge in [0, 0.05) is 30.3 Å². The highest BCUT2D eigenvalue weighted by Crippen LogP contribution is 2.28. The predicted octanol–water partition coefficient (Wildman–Crippen LogP) is 3.75. The summed E-state index contributed by atoms with van der Waals surface area (Å²) in [5, 5.41) is 10.4. The van der Waals surface area contributed by atoms with E-state index in [4.69, 9.17) is 0 Å². The first kappa shape index (κ1) is 24.0. The Labute approximate surface area is 201 Å². The van der Waals surface area contributed by atoms with E-state index in [0.29, 0.717) is 17.7 Å². The van der Waals surface area contributed by atoms with Gasteiger partial charge in [0.25, 0.3) is 0 Å². The number of nitriles is 1. The molecule has 0 spiro atoms. The second-order valence-corrected chi connectivity index (χ2v) is 10.6. The molecule has 0 aliphatic carbocycles. The second-order valence-electron chi connectivity index (χ2n) is 8.87. The number of amides is 1. The minimum atomic E-state index is -3.57. The minimum absolute atomic E-state index is 0.0538. The summed E-state index contributed by atoms with van der Waals surface area (Å²) in [6, 6.07) is 18.3. The minimum Gasteiger partial charge on any atom is -0.345 e. The maximum Gasteiger partial charge on any atom is 0.245 e. The smallest absolute Gasteiger partial charge is 0.245 e. The quantitative estimate of drug-likeness (QED) is 0.533. The zero-order valence-corrected chi connectivity index (χ0v) is 20.4. The topological polar surface area (TPSA) is 95.2 Å². The number of rotatable bonds is 8. The van der Waals surface area contributed by atoms with Gasteiger partial charge in [-0.25, -0.2) is 8.42 Å². The van der Waals surface area contributed by atoms with Crippen molar-refractivity contribution in [3.8, 4) is 6.07 Å². The average Bonchev–Trinajstić information content (AvgIpc) is 3.44. The lowest BCUT2D eigenvalue weighted by molar-refractivity contribution is -0.134. The standard InChI is InChI=1S/C26H30N4O3S/c1-3-29-23(17-21-12-11-19(18-27)16-24(21)29)14-13-22-10-7-15-30(22)26(31)25(28-34(2,32)33)20-8-5-4-6-9-20/h4-6,8-9,11-12,16-17,22,25,28H,3,7,10,13-15H2,1-2H3/t22-,25+/m0/s1. The van der Waals surface area contributed by atoms with Gasteiger partial charge in [0.1, 0.15) is 6.04 Å². The van der Waals surface area contributed by atoms with Gasteiger partial charge in [-0.3, -0.25) is 4.79 Å². The Morgan fingerprint density at radius 1 is 1.21 bits per heavy atom. The van der Waals surface area contributed by atoms with Crippen LogP contribution >= 0.6 is 0 Å². The fourth-order valence-corrected chi connectivity index (χ4v) is 5.65. The molecular weight excluding hydrogens is 448 g/mol. The maximum atomic E-state index is 13.5. The van der Waals surface area contributed by atoms with Gasteiger partial charge in [0.05, 0.1) is 17.9 Å². The summed E-state index contributed by atoms with van der Waals surface area (Å²) in [7, 11) is -3.57. The van der Waals surface area contributed by atoms with Crippen LogP contribution in [0.15, 0.2) is 54.6 Å². The summed E-state index contributed by atoms with van der Waals surface area (Å²) in [6.07, 6.45) is 4.48. The van der Waals surface area contributed by atoms with E-state index in [1.54, 1.807) is 12.1 Å². The van der Waals surface area contributed by atoms with Crippen molar-refractivity contribution < 1.29 is 13.2 Å². The van der Waals surface area contributed by atoms with Gasteiger partial charge in [-0.15, -0.1) is 0 Å². The number of sulfonamides is 1. The molecule has 0 radical (unpaired) electrons. The Bertz CT molecular complexity index is 1330. The van der Waals surface area contributed by atoms with E-state index < -0.39 is 16.1 Å². The molecule has 3 aromatic rings. The fraction of sp³-hybridized carbons (Fsp3) is 0.385. The fourth-order valence-electron chi connectivity index (χ4n) is 4.99. The van der Waals surface area contributed by atoms with E-state index in [-0.39, 0.29) is 11.9 Å². The van der Waals surface area contributed by atoms with Gasteiger partial charge in [-0.05, 0) is 61.8 Å². The molecule has 1 aliphatic heterocycles. The van der Waals surface area contributed by atoms with Gasteiger partial charge in [0.2, 0.25) is 15.9 Å². The summed E-state index contributed by atoms with van der Waals surface area (Å²) in [4.78, 5) is 15.4. The van der Waals surface area contributed by atoms with Crippen molar-refractivity contribution in [1.29, 1.82) is 5.26 Å². The highest BCUT2D eigenvalue weighted by molar-refractivity contribution is 7.88. The Morgan fingerprint density at radius 2 is 1.97 bits per heavy atom. The van der Waals surface area contributed by atoms with E-state index in [1.165, 1.54) is 5.69 Å². The second kappa shape index (κ2) is 10.00. The van der Waals surface area contributed by atoms with Gasteiger partial charge in [0.15, 0.2) is 0 Å². The molecule has 7 nitrogen and oxygen atoms in total. The number of likely N-dealkylation sites (tertiary alicyclic amines) is 1. The van der Waals surface area contributed by atoms with E-state index >= 15 is 0 Å². The number of carbonyl (C=O) groups excluding carboxylic acids is 1. The zero-order valence-electron chi connectivity index (χ0n) is 19.6. The monoisotopic (exact) mass is 478 g/mol. The van der Waals surface area contributed by atoms with Crippen molar-refractivity contribution in [3.63, 3.8) is 0 Å². The molecule has 0 bridgehead atoms. The first-order valence-corrected chi connectivity index (χ1v) is 13.5. The molecule has 178 valence electrons. The first-order chi connectivity index (χ1) is 16.3. The molecule has 34 heavy (non-hydrogen) atoms. The van der Waals surface area contributed by atoms with E-state index in [9.17, 15) is 18.5 Å². The third-order valence-electron chi connectivity index (χ3n) is 6.54. The lowest BCUT2D eigenvalue weighted by atomic mass is 10.0. The molecule has 2 heterocycles. The Kier molecular flexibility index (Phi) is 7.05. The number of nitrogens with zero attached hydrogens (tertiary/aromatic N) is 3. The lowest BCUT2D eigenvalue weighted by Gasteiger charge is -2.29. The Morgan fingerprint density at radius 3 is 2.65 bits per heavy atom. The maximum absolute atomic E-state index is 13.5. The third-order valence-corrected chi connectivity index (χ3v) is 7.20. The number of aromatic nitrogens is 1. The van der Waals surface area contributed by atoms with Gasteiger partial charge < -0.3 is 9.47 Å². The molecule has 2 atom stereocenters. The van der Waals surface area contributed by atoms with E-state index in [2.05, 4.69) is 28.3 Å². The van der Waals surface area contributed by atoms with Crippen LogP contribution in [-0.2, 0) is 27.8 Å². The molecule has 2 aromatic carbocycles. The third kappa shape index (κ3) is 5.16. The van der Waals surface area contributed by atoms with Crippen molar-refractivity contribution in [1.82, 2.24) is 14.2 Å². The van der Waals surface area contributed by atoms with E-state index in [0.717, 1.165) is 49.4 Å². The molecule has 1 saturated heterocycles. The van der Waals surface area contributed by atoms with Crippen molar-refractivity contribution >= 4 is 26.8 Å². The zero-order chi connectivity index (χ0) is 24.3. The number of fused-ring (bicyclic) bond motifs is 1. The molecule has 4 rings (SSSR count). The van der Waals surface area contributed by atoms with Crippen LogP contribution < -0.4 is 4.72 Å². The molecule has 0 saturated carbocycles. The predicted molar refractivity (Wildman–Crippen MR) is 133 cm³/mol. The molecule has 1 N–H and O–H groups in total. The highest BCUT2D eigenvalue weighted by atomic mass is 32.2. The van der Waals surface area contributed by atoms with Crippen molar-refractivity contribution in [2.45, 2.75) is 51.2 Å². The summed E-state index contributed by atoms with van der Waals surface area (Å²) in [5.74, 6) is -0.200. The van der Waals surface area contributed by atoms with Gasteiger partial charge in [-0.2, -0.15) is 9.98 Å². The molecule has 1 aromatic heterocycles. The molecule has 0 unspecified atom stereocenters. The molecule has 1 amide bonds. The summed E-state index contributed by atoms with van der Waals surface area (Å²) < 4.78 is 28.8. The van der Waals surface area contributed by atoms with Crippen LogP contribution in [-0.4, -0.2) is 42.6 Å². The number of aryl methyl sites for hydroxylation is 2. The summed E-state index contributed by atoms with van der Waals surface area (Å²) in [6.45, 7) is 3.52. The summed E-state index contributed by atoms with van der Waals surface area (Å²) >= 11 is 0. The van der Waals surface area contributed by atoms with Crippen LogP contribution in [0.5, 0.6) is 0 Å². The SMILES string of the molecule is CCn1c(CC[C@@H]2CCCN2C(=O)[C@H](NS(C)(=O)=O)c2ccccc2)cc2ccc(C#N)cc21. The van der Waals surface area contributed by atoms with Crippen LogP contribution in [0, 0.1) is 11.3 Å². The Balaban J connectivity index is 1.54. The van der Waals surface area contributed by atoms with Crippen LogP contribution in [0.2, 0.25) is 0 Å². The van der Waals surface area contributed by atoms with Crippen molar-refractivity contribution in [2.75, 3.05) is 12.8 Å².